The molecule has 0 saturated heterocycles. The number of nitrogens with one attached hydrogen (secondary N) is 1. The van der Waals surface area contributed by atoms with Crippen LogP contribution in [0.2, 0.25) is 5.02 Å². The Morgan fingerprint density at radius 1 is 1.25 bits per heavy atom. The minimum atomic E-state index is 0.818. The van der Waals surface area contributed by atoms with Crippen molar-refractivity contribution in [2.75, 3.05) is 6.54 Å². The maximum atomic E-state index is 6.02. The highest BCUT2D eigenvalue weighted by atomic mass is 35.5. The molecule has 0 unspecified atom stereocenters. The van der Waals surface area contributed by atoms with Crippen LogP contribution in [0.5, 0.6) is 0 Å². The molecule has 0 spiro atoms. The predicted molar refractivity (Wildman–Crippen MR) is 52.0 cm³/mol. The summed E-state index contributed by atoms with van der Waals surface area (Å²) in [6, 6.07) is 7.90. The lowest BCUT2D eigenvalue weighted by Gasteiger charge is -2.05. The summed E-state index contributed by atoms with van der Waals surface area (Å²) in [7, 11) is 0. The lowest BCUT2D eigenvalue weighted by Crippen LogP contribution is -2.06. The number of benzene rings is 1. The summed E-state index contributed by atoms with van der Waals surface area (Å²) in [6.07, 6.45) is 3.28. The van der Waals surface area contributed by atoms with E-state index in [0.29, 0.717) is 0 Å². The summed E-state index contributed by atoms with van der Waals surface area (Å²) in [5.74, 6) is 0. The molecular formula is C10H10ClN. The average Bonchev–Trinajstić information content (AvgIpc) is 2.57. The molecule has 2 heteroatoms. The van der Waals surface area contributed by atoms with E-state index in [4.69, 9.17) is 11.6 Å². The summed E-state index contributed by atoms with van der Waals surface area (Å²) < 4.78 is 0. The van der Waals surface area contributed by atoms with Crippen LogP contribution in [0.25, 0.3) is 5.70 Å². The van der Waals surface area contributed by atoms with E-state index < -0.39 is 0 Å². The molecule has 2 rings (SSSR count). The van der Waals surface area contributed by atoms with Gasteiger partial charge in [-0.05, 0) is 12.5 Å². The van der Waals surface area contributed by atoms with Crippen molar-refractivity contribution in [3.8, 4) is 0 Å². The third-order valence-corrected chi connectivity index (χ3v) is 2.30. The van der Waals surface area contributed by atoms with Crippen LogP contribution >= 0.6 is 11.6 Å². The van der Waals surface area contributed by atoms with E-state index in [1.165, 1.54) is 5.70 Å². The minimum absolute atomic E-state index is 0.818. The monoisotopic (exact) mass is 179 g/mol. The molecule has 1 aromatic carbocycles. The number of hydrogen-bond acceptors (Lipinski definition) is 1. The van der Waals surface area contributed by atoms with E-state index in [-0.39, 0.29) is 0 Å². The molecule has 0 saturated carbocycles. The molecule has 12 heavy (non-hydrogen) atoms. The molecule has 1 aromatic rings. The molecule has 0 aliphatic carbocycles. The van der Waals surface area contributed by atoms with Crippen LogP contribution in [0.15, 0.2) is 30.3 Å². The van der Waals surface area contributed by atoms with Crippen LogP contribution in [0.1, 0.15) is 12.0 Å². The van der Waals surface area contributed by atoms with Crippen molar-refractivity contribution in [3.63, 3.8) is 0 Å². The summed E-state index contributed by atoms with van der Waals surface area (Å²) in [5, 5.41) is 4.11. The van der Waals surface area contributed by atoms with Gasteiger partial charge in [-0.2, -0.15) is 0 Å². The zero-order valence-corrected chi connectivity index (χ0v) is 7.43. The first-order valence-corrected chi connectivity index (χ1v) is 4.44. The third-order valence-electron chi connectivity index (χ3n) is 1.97. The van der Waals surface area contributed by atoms with E-state index in [1.807, 2.05) is 24.3 Å². The Morgan fingerprint density at radius 3 is 2.75 bits per heavy atom. The molecule has 1 aliphatic rings. The van der Waals surface area contributed by atoms with Crippen molar-refractivity contribution in [2.45, 2.75) is 6.42 Å². The summed E-state index contributed by atoms with van der Waals surface area (Å²) in [6.45, 7) is 1.03. The van der Waals surface area contributed by atoms with Crippen LogP contribution in [0.4, 0.5) is 0 Å². The first kappa shape index (κ1) is 7.69. The Hall–Kier alpha value is -0.950. The van der Waals surface area contributed by atoms with Crippen LogP contribution in [-0.4, -0.2) is 6.54 Å². The molecule has 1 heterocycles. The topological polar surface area (TPSA) is 12.0 Å². The lowest BCUT2D eigenvalue weighted by atomic mass is 10.1. The SMILES string of the molecule is Clc1ccccc1C1=CCCN1. The van der Waals surface area contributed by atoms with Gasteiger partial charge in [-0.1, -0.05) is 35.9 Å². The van der Waals surface area contributed by atoms with Crippen molar-refractivity contribution in [1.82, 2.24) is 5.32 Å². The standard InChI is InChI=1S/C10H10ClN/c11-9-5-2-1-4-8(9)10-6-3-7-12-10/h1-2,4-6,12H,3,7H2. The molecule has 1 N–H and O–H groups in total. The molecule has 0 fully saturated rings. The van der Waals surface area contributed by atoms with Crippen LogP contribution in [-0.2, 0) is 0 Å². The maximum absolute atomic E-state index is 6.02. The van der Waals surface area contributed by atoms with E-state index in [1.54, 1.807) is 0 Å². The van der Waals surface area contributed by atoms with Gasteiger partial charge in [-0.15, -0.1) is 0 Å². The van der Waals surface area contributed by atoms with Gasteiger partial charge in [0.1, 0.15) is 0 Å². The van der Waals surface area contributed by atoms with Gasteiger partial charge in [0.25, 0.3) is 0 Å². The van der Waals surface area contributed by atoms with E-state index in [2.05, 4.69) is 11.4 Å². The Balaban J connectivity index is 2.39. The number of rotatable bonds is 1. The zero-order valence-electron chi connectivity index (χ0n) is 6.68. The third kappa shape index (κ3) is 1.32. The Labute approximate surface area is 77.0 Å². The Kier molecular flexibility index (Phi) is 2.05. The first-order chi connectivity index (χ1) is 5.88. The molecule has 1 nitrogen and oxygen atoms in total. The second-order valence-electron chi connectivity index (χ2n) is 2.81. The highest BCUT2D eigenvalue weighted by molar-refractivity contribution is 6.32. The highest BCUT2D eigenvalue weighted by Gasteiger charge is 2.07. The van der Waals surface area contributed by atoms with Crippen molar-refractivity contribution in [2.24, 2.45) is 0 Å². The zero-order chi connectivity index (χ0) is 8.39. The van der Waals surface area contributed by atoms with Crippen molar-refractivity contribution in [3.05, 3.63) is 40.9 Å². The Bertz CT molecular complexity index is 317. The van der Waals surface area contributed by atoms with Gasteiger partial charge in [-0.3, -0.25) is 0 Å². The smallest absolute Gasteiger partial charge is 0.0498 e. The minimum Gasteiger partial charge on any atom is -0.384 e. The first-order valence-electron chi connectivity index (χ1n) is 4.07. The van der Waals surface area contributed by atoms with E-state index in [0.717, 1.165) is 23.6 Å². The van der Waals surface area contributed by atoms with Gasteiger partial charge in [0.2, 0.25) is 0 Å². The second kappa shape index (κ2) is 3.20. The molecule has 0 bridgehead atoms. The van der Waals surface area contributed by atoms with Crippen LogP contribution < -0.4 is 5.32 Å². The summed E-state index contributed by atoms with van der Waals surface area (Å²) in [4.78, 5) is 0. The van der Waals surface area contributed by atoms with Crippen LogP contribution in [0.3, 0.4) is 0 Å². The van der Waals surface area contributed by atoms with Gasteiger partial charge in [0.05, 0.1) is 0 Å². The van der Waals surface area contributed by atoms with Gasteiger partial charge < -0.3 is 5.32 Å². The van der Waals surface area contributed by atoms with Gasteiger partial charge in [0, 0.05) is 22.8 Å². The Morgan fingerprint density at radius 2 is 2.08 bits per heavy atom. The largest absolute Gasteiger partial charge is 0.384 e. The maximum Gasteiger partial charge on any atom is 0.0498 e. The van der Waals surface area contributed by atoms with Crippen molar-refractivity contribution < 1.29 is 0 Å². The van der Waals surface area contributed by atoms with E-state index >= 15 is 0 Å². The molecule has 0 radical (unpaired) electrons. The molecule has 0 aromatic heterocycles. The fraction of sp³-hybridized carbons (Fsp3) is 0.200. The fourth-order valence-electron chi connectivity index (χ4n) is 1.38. The lowest BCUT2D eigenvalue weighted by molar-refractivity contribution is 0.928. The number of hydrogen-bond donors (Lipinski definition) is 1. The molecular weight excluding hydrogens is 170 g/mol. The molecule has 0 amide bonds. The molecule has 0 atom stereocenters. The highest BCUT2D eigenvalue weighted by Crippen LogP contribution is 2.23. The van der Waals surface area contributed by atoms with Gasteiger partial charge in [-0.25, -0.2) is 0 Å². The summed E-state index contributed by atoms with van der Waals surface area (Å²) >= 11 is 6.02. The van der Waals surface area contributed by atoms with Crippen molar-refractivity contribution >= 4 is 17.3 Å². The number of halogens is 1. The second-order valence-corrected chi connectivity index (χ2v) is 3.22. The van der Waals surface area contributed by atoms with E-state index in [9.17, 15) is 0 Å². The normalized spacial score (nSPS) is 15.6. The molecule has 62 valence electrons. The van der Waals surface area contributed by atoms with Crippen molar-refractivity contribution in [1.29, 1.82) is 0 Å². The van der Waals surface area contributed by atoms with Gasteiger partial charge >= 0.3 is 0 Å². The van der Waals surface area contributed by atoms with Crippen LogP contribution in [0, 0.1) is 0 Å². The molecule has 1 aliphatic heterocycles. The fourth-order valence-corrected chi connectivity index (χ4v) is 1.62. The average molecular weight is 180 g/mol. The summed E-state index contributed by atoms with van der Waals surface area (Å²) in [5.41, 5.74) is 2.28. The predicted octanol–water partition coefficient (Wildman–Crippen LogP) is 2.67. The van der Waals surface area contributed by atoms with Gasteiger partial charge in [0.15, 0.2) is 0 Å². The quantitative estimate of drug-likeness (QED) is 0.699.